The van der Waals surface area contributed by atoms with Gasteiger partial charge in [-0.1, -0.05) is 47.5 Å². The summed E-state index contributed by atoms with van der Waals surface area (Å²) >= 11 is 0. The van der Waals surface area contributed by atoms with E-state index in [-0.39, 0.29) is 0 Å². The molecule has 0 bridgehead atoms. The molecule has 1 fully saturated rings. The number of hydrogen-bond acceptors (Lipinski definition) is 1. The van der Waals surface area contributed by atoms with Crippen molar-refractivity contribution in [1.82, 2.24) is 5.32 Å². The fourth-order valence-electron chi connectivity index (χ4n) is 3.99. The first-order valence-electron chi connectivity index (χ1n) is 8.00. The molecule has 1 N–H and O–H groups in total. The standard InChI is InChI=1S/C17H35N/c1-7-8-14(2)17(13-18-6)11-9-15(10-12-17)16(3,4)5/h14-15,18H,7-13H2,1-6H3. The molecule has 1 saturated carbocycles. The molecule has 0 saturated heterocycles. The Labute approximate surface area is 115 Å². The fraction of sp³-hybridized carbons (Fsp3) is 1.00. The average Bonchev–Trinajstić information content (AvgIpc) is 2.29. The summed E-state index contributed by atoms with van der Waals surface area (Å²) in [6, 6.07) is 0. The van der Waals surface area contributed by atoms with Crippen LogP contribution in [0.15, 0.2) is 0 Å². The second-order valence-corrected chi connectivity index (χ2v) is 7.72. The van der Waals surface area contributed by atoms with Crippen molar-refractivity contribution < 1.29 is 0 Å². The Morgan fingerprint density at radius 3 is 2.17 bits per heavy atom. The van der Waals surface area contributed by atoms with Crippen LogP contribution in [0, 0.1) is 22.7 Å². The molecule has 1 heteroatoms. The van der Waals surface area contributed by atoms with Crippen LogP contribution in [0.4, 0.5) is 0 Å². The van der Waals surface area contributed by atoms with Gasteiger partial charge in [0.15, 0.2) is 0 Å². The first-order chi connectivity index (χ1) is 8.35. The van der Waals surface area contributed by atoms with Crippen molar-refractivity contribution in [3.05, 3.63) is 0 Å². The maximum atomic E-state index is 3.47. The van der Waals surface area contributed by atoms with Gasteiger partial charge in [0, 0.05) is 6.54 Å². The van der Waals surface area contributed by atoms with Crippen molar-refractivity contribution in [3.8, 4) is 0 Å². The van der Waals surface area contributed by atoms with Crippen molar-refractivity contribution >= 4 is 0 Å². The molecule has 0 heterocycles. The number of hydrogen-bond donors (Lipinski definition) is 1. The lowest BCUT2D eigenvalue weighted by Gasteiger charge is -2.47. The van der Waals surface area contributed by atoms with E-state index in [1.54, 1.807) is 0 Å². The summed E-state index contributed by atoms with van der Waals surface area (Å²) in [4.78, 5) is 0. The summed E-state index contributed by atoms with van der Waals surface area (Å²) in [5.74, 6) is 1.80. The van der Waals surface area contributed by atoms with Gasteiger partial charge in [0.25, 0.3) is 0 Å². The Bertz CT molecular complexity index is 230. The van der Waals surface area contributed by atoms with E-state index in [9.17, 15) is 0 Å². The highest BCUT2D eigenvalue weighted by Gasteiger charge is 2.41. The van der Waals surface area contributed by atoms with Crippen LogP contribution in [-0.2, 0) is 0 Å². The van der Waals surface area contributed by atoms with Gasteiger partial charge in [-0.25, -0.2) is 0 Å². The van der Waals surface area contributed by atoms with Crippen LogP contribution in [0.1, 0.15) is 73.1 Å². The maximum Gasteiger partial charge on any atom is 0.000736 e. The Balaban J connectivity index is 2.67. The number of nitrogens with one attached hydrogen (secondary N) is 1. The van der Waals surface area contributed by atoms with E-state index in [1.165, 1.54) is 45.1 Å². The summed E-state index contributed by atoms with van der Waals surface area (Å²) in [5.41, 5.74) is 1.08. The highest BCUT2D eigenvalue weighted by Crippen LogP contribution is 2.49. The van der Waals surface area contributed by atoms with Gasteiger partial charge < -0.3 is 5.32 Å². The third-order valence-electron chi connectivity index (χ3n) is 5.50. The third-order valence-corrected chi connectivity index (χ3v) is 5.50. The normalized spacial score (nSPS) is 31.3. The fourth-order valence-corrected chi connectivity index (χ4v) is 3.99. The molecule has 0 spiro atoms. The van der Waals surface area contributed by atoms with Gasteiger partial charge >= 0.3 is 0 Å². The van der Waals surface area contributed by atoms with E-state index in [0.29, 0.717) is 10.8 Å². The maximum absolute atomic E-state index is 3.47. The zero-order valence-corrected chi connectivity index (χ0v) is 13.6. The molecule has 0 aromatic rings. The van der Waals surface area contributed by atoms with Crippen LogP contribution < -0.4 is 5.32 Å². The molecule has 1 nitrogen and oxygen atoms in total. The molecule has 108 valence electrons. The quantitative estimate of drug-likeness (QED) is 0.737. The van der Waals surface area contributed by atoms with Crippen LogP contribution in [0.25, 0.3) is 0 Å². The third kappa shape index (κ3) is 3.73. The first kappa shape index (κ1) is 16.0. The van der Waals surface area contributed by atoms with Crippen molar-refractivity contribution in [2.75, 3.05) is 13.6 Å². The zero-order chi connectivity index (χ0) is 13.8. The molecule has 1 unspecified atom stereocenters. The van der Waals surface area contributed by atoms with E-state index in [2.05, 4.69) is 47.0 Å². The Kier molecular flexibility index (Phi) is 5.70. The van der Waals surface area contributed by atoms with Gasteiger partial charge in [0.1, 0.15) is 0 Å². The molecule has 1 aliphatic rings. The molecule has 0 aromatic heterocycles. The van der Waals surface area contributed by atoms with E-state index >= 15 is 0 Å². The minimum absolute atomic E-state index is 0.500. The second-order valence-electron chi connectivity index (χ2n) is 7.72. The minimum Gasteiger partial charge on any atom is -0.319 e. The van der Waals surface area contributed by atoms with Crippen LogP contribution in [0.2, 0.25) is 0 Å². The number of rotatable bonds is 5. The summed E-state index contributed by atoms with van der Waals surface area (Å²) in [6.07, 6.45) is 8.43. The zero-order valence-electron chi connectivity index (χ0n) is 13.6. The average molecular weight is 253 g/mol. The molecule has 0 aliphatic heterocycles. The molecule has 1 atom stereocenters. The topological polar surface area (TPSA) is 12.0 Å². The van der Waals surface area contributed by atoms with Crippen LogP contribution in [-0.4, -0.2) is 13.6 Å². The predicted molar refractivity (Wildman–Crippen MR) is 81.8 cm³/mol. The summed E-state index contributed by atoms with van der Waals surface area (Å²) in [7, 11) is 2.12. The lowest BCUT2D eigenvalue weighted by molar-refractivity contribution is 0.0429. The van der Waals surface area contributed by atoms with Gasteiger partial charge in [0.2, 0.25) is 0 Å². The van der Waals surface area contributed by atoms with E-state index in [4.69, 9.17) is 0 Å². The molecular weight excluding hydrogens is 218 g/mol. The van der Waals surface area contributed by atoms with Crippen molar-refractivity contribution in [3.63, 3.8) is 0 Å². The summed E-state index contributed by atoms with van der Waals surface area (Å²) in [5, 5.41) is 3.47. The monoisotopic (exact) mass is 253 g/mol. The van der Waals surface area contributed by atoms with Crippen LogP contribution in [0.3, 0.4) is 0 Å². The summed E-state index contributed by atoms with van der Waals surface area (Å²) < 4.78 is 0. The van der Waals surface area contributed by atoms with Gasteiger partial charge in [-0.2, -0.15) is 0 Å². The smallest absolute Gasteiger partial charge is 0.000736 e. The van der Waals surface area contributed by atoms with Crippen molar-refractivity contribution in [2.45, 2.75) is 73.1 Å². The molecular formula is C17H35N. The van der Waals surface area contributed by atoms with Gasteiger partial charge in [-0.15, -0.1) is 0 Å². The lowest BCUT2D eigenvalue weighted by Crippen LogP contribution is -2.43. The Hall–Kier alpha value is -0.0400. The van der Waals surface area contributed by atoms with Crippen molar-refractivity contribution in [2.24, 2.45) is 22.7 Å². The predicted octanol–water partition coefficient (Wildman–Crippen LogP) is 4.86. The van der Waals surface area contributed by atoms with Gasteiger partial charge in [0.05, 0.1) is 0 Å². The van der Waals surface area contributed by atoms with E-state index in [1.807, 2.05) is 0 Å². The molecule has 1 aliphatic carbocycles. The lowest BCUT2D eigenvalue weighted by atomic mass is 9.59. The molecule has 0 amide bonds. The minimum atomic E-state index is 0.500. The highest BCUT2D eigenvalue weighted by molar-refractivity contribution is 4.93. The second kappa shape index (κ2) is 6.41. The highest BCUT2D eigenvalue weighted by atomic mass is 14.8. The van der Waals surface area contributed by atoms with Crippen LogP contribution in [0.5, 0.6) is 0 Å². The van der Waals surface area contributed by atoms with E-state index in [0.717, 1.165) is 11.8 Å². The molecule has 0 aromatic carbocycles. The largest absolute Gasteiger partial charge is 0.319 e. The molecule has 0 radical (unpaired) electrons. The van der Waals surface area contributed by atoms with Crippen LogP contribution >= 0.6 is 0 Å². The first-order valence-corrected chi connectivity index (χ1v) is 8.00. The van der Waals surface area contributed by atoms with E-state index < -0.39 is 0 Å². The summed E-state index contributed by atoms with van der Waals surface area (Å²) in [6.45, 7) is 13.3. The Morgan fingerprint density at radius 1 is 1.22 bits per heavy atom. The van der Waals surface area contributed by atoms with Gasteiger partial charge in [-0.3, -0.25) is 0 Å². The van der Waals surface area contributed by atoms with Crippen molar-refractivity contribution in [1.29, 1.82) is 0 Å². The molecule has 1 rings (SSSR count). The SMILES string of the molecule is CCCC(C)C1(CNC)CCC(C(C)(C)C)CC1. The molecule has 18 heavy (non-hydrogen) atoms. The van der Waals surface area contributed by atoms with Gasteiger partial charge in [-0.05, 0) is 55.4 Å². The Morgan fingerprint density at radius 2 is 1.78 bits per heavy atom.